The van der Waals surface area contributed by atoms with E-state index in [1.807, 2.05) is 10.7 Å². The van der Waals surface area contributed by atoms with Crippen LogP contribution < -0.4 is 0 Å². The molecule has 0 atom stereocenters. The van der Waals surface area contributed by atoms with Gasteiger partial charge in [0.25, 0.3) is 0 Å². The summed E-state index contributed by atoms with van der Waals surface area (Å²) < 4.78 is 40.5. The van der Waals surface area contributed by atoms with Gasteiger partial charge in [0, 0.05) is 23.3 Å². The van der Waals surface area contributed by atoms with Crippen LogP contribution in [0.3, 0.4) is 0 Å². The van der Waals surface area contributed by atoms with Crippen LogP contribution in [0.4, 0.5) is 13.2 Å². The van der Waals surface area contributed by atoms with Gasteiger partial charge in [-0.05, 0) is 51.2 Å². The predicted molar refractivity (Wildman–Crippen MR) is 93.7 cm³/mol. The van der Waals surface area contributed by atoms with Gasteiger partial charge in [0.15, 0.2) is 0 Å². The molecule has 0 spiro atoms. The third kappa shape index (κ3) is 3.07. The Morgan fingerprint density at radius 2 is 1.73 bits per heavy atom. The number of nitrogens with zero attached hydrogens (tertiary/aromatic N) is 4. The fourth-order valence-corrected chi connectivity index (χ4v) is 3.53. The van der Waals surface area contributed by atoms with E-state index < -0.39 is 11.7 Å². The number of pyridine rings is 1. The minimum atomic E-state index is -4.34. The number of piperidine rings is 1. The lowest BCUT2D eigenvalue weighted by atomic mass is 10.1. The van der Waals surface area contributed by atoms with E-state index in [0.717, 1.165) is 49.0 Å². The van der Waals surface area contributed by atoms with Crippen molar-refractivity contribution in [3.05, 3.63) is 48.3 Å². The number of aromatic nitrogens is 3. The van der Waals surface area contributed by atoms with Crippen molar-refractivity contribution in [2.75, 3.05) is 20.1 Å². The average molecular weight is 360 g/mol. The Hall–Kier alpha value is -2.41. The third-order valence-corrected chi connectivity index (χ3v) is 5.03. The molecule has 136 valence electrons. The van der Waals surface area contributed by atoms with Gasteiger partial charge in [-0.15, -0.1) is 0 Å². The van der Waals surface area contributed by atoms with Gasteiger partial charge in [-0.25, -0.2) is 0 Å². The molecule has 0 amide bonds. The Bertz CT molecular complexity index is 907. The molecule has 0 bridgehead atoms. The predicted octanol–water partition coefficient (Wildman–Crippen LogP) is 4.38. The number of hydrogen-bond donors (Lipinski definition) is 0. The first kappa shape index (κ1) is 17.0. The van der Waals surface area contributed by atoms with Crippen molar-refractivity contribution in [1.82, 2.24) is 19.7 Å². The summed E-state index contributed by atoms with van der Waals surface area (Å²) >= 11 is 0. The highest BCUT2D eigenvalue weighted by Gasteiger charge is 2.30. The van der Waals surface area contributed by atoms with Crippen molar-refractivity contribution in [1.29, 1.82) is 0 Å². The number of benzene rings is 1. The normalized spacial score (nSPS) is 17.1. The van der Waals surface area contributed by atoms with Crippen molar-refractivity contribution >= 4 is 10.9 Å². The summed E-state index contributed by atoms with van der Waals surface area (Å²) in [5.74, 6) is 0. The summed E-state index contributed by atoms with van der Waals surface area (Å²) in [5.41, 5.74) is 1.67. The molecular formula is C19H19F3N4. The maximum Gasteiger partial charge on any atom is 0.416 e. The third-order valence-electron chi connectivity index (χ3n) is 5.03. The van der Waals surface area contributed by atoms with E-state index in [9.17, 15) is 13.2 Å². The number of likely N-dealkylation sites (tertiary alicyclic amines) is 1. The molecule has 1 aromatic carbocycles. The van der Waals surface area contributed by atoms with Crippen LogP contribution in [0.1, 0.15) is 24.4 Å². The van der Waals surface area contributed by atoms with E-state index in [2.05, 4.69) is 16.9 Å². The van der Waals surface area contributed by atoms with Crippen LogP contribution in [0.5, 0.6) is 0 Å². The Morgan fingerprint density at radius 1 is 1.04 bits per heavy atom. The maximum absolute atomic E-state index is 12.8. The van der Waals surface area contributed by atoms with E-state index in [4.69, 9.17) is 5.10 Å². The number of alkyl halides is 3. The van der Waals surface area contributed by atoms with Gasteiger partial charge in [-0.2, -0.15) is 18.3 Å². The molecule has 0 unspecified atom stereocenters. The van der Waals surface area contributed by atoms with Gasteiger partial charge >= 0.3 is 6.18 Å². The SMILES string of the molecule is CN1CCC(n2nc(-c3ccc(C(F)(F)F)cc3)c3cnccc32)CC1. The summed E-state index contributed by atoms with van der Waals surface area (Å²) in [7, 11) is 2.11. The molecule has 1 aliphatic rings. The van der Waals surface area contributed by atoms with Crippen LogP contribution in [-0.2, 0) is 6.18 Å². The van der Waals surface area contributed by atoms with Crippen LogP contribution in [0.2, 0.25) is 0 Å². The lowest BCUT2D eigenvalue weighted by Gasteiger charge is -2.29. The lowest BCUT2D eigenvalue weighted by molar-refractivity contribution is -0.137. The largest absolute Gasteiger partial charge is 0.416 e. The van der Waals surface area contributed by atoms with Gasteiger partial charge in [-0.1, -0.05) is 12.1 Å². The second-order valence-electron chi connectivity index (χ2n) is 6.80. The molecule has 0 radical (unpaired) electrons. The molecule has 7 heteroatoms. The lowest BCUT2D eigenvalue weighted by Crippen LogP contribution is -2.31. The number of fused-ring (bicyclic) bond motifs is 1. The van der Waals surface area contributed by atoms with E-state index in [-0.39, 0.29) is 0 Å². The van der Waals surface area contributed by atoms with Crippen molar-refractivity contribution in [2.45, 2.75) is 25.1 Å². The summed E-state index contributed by atoms with van der Waals surface area (Å²) in [4.78, 5) is 6.48. The van der Waals surface area contributed by atoms with Crippen LogP contribution in [0, 0.1) is 0 Å². The van der Waals surface area contributed by atoms with Crippen LogP contribution in [0.25, 0.3) is 22.2 Å². The van der Waals surface area contributed by atoms with Gasteiger partial charge in [0.1, 0.15) is 5.69 Å². The molecular weight excluding hydrogens is 341 g/mol. The zero-order chi connectivity index (χ0) is 18.3. The molecule has 1 aliphatic heterocycles. The molecule has 3 aromatic rings. The Balaban J connectivity index is 1.76. The topological polar surface area (TPSA) is 34.0 Å². The second kappa shape index (κ2) is 6.39. The van der Waals surface area contributed by atoms with Gasteiger partial charge in [0.2, 0.25) is 0 Å². The Kier molecular flexibility index (Phi) is 4.19. The monoisotopic (exact) mass is 360 g/mol. The minimum absolute atomic E-state index is 0.291. The molecule has 0 aliphatic carbocycles. The fraction of sp³-hybridized carbons (Fsp3) is 0.368. The van der Waals surface area contributed by atoms with E-state index in [1.54, 1.807) is 12.4 Å². The highest BCUT2D eigenvalue weighted by atomic mass is 19.4. The fourth-order valence-electron chi connectivity index (χ4n) is 3.53. The Labute approximate surface area is 149 Å². The molecule has 2 aromatic heterocycles. The van der Waals surface area contributed by atoms with Crippen LogP contribution in [-0.4, -0.2) is 39.8 Å². The summed E-state index contributed by atoms with van der Waals surface area (Å²) in [6.07, 6.45) is 1.13. The van der Waals surface area contributed by atoms with Gasteiger partial charge in [0.05, 0.1) is 17.1 Å². The van der Waals surface area contributed by atoms with Gasteiger partial charge < -0.3 is 4.90 Å². The van der Waals surface area contributed by atoms with Crippen LogP contribution >= 0.6 is 0 Å². The van der Waals surface area contributed by atoms with Gasteiger partial charge in [-0.3, -0.25) is 9.67 Å². The van der Waals surface area contributed by atoms with Crippen molar-refractivity contribution in [2.24, 2.45) is 0 Å². The second-order valence-corrected chi connectivity index (χ2v) is 6.80. The smallest absolute Gasteiger partial charge is 0.306 e. The molecule has 1 fully saturated rings. The first-order chi connectivity index (χ1) is 12.4. The first-order valence-electron chi connectivity index (χ1n) is 8.62. The average Bonchev–Trinajstić information content (AvgIpc) is 3.01. The molecule has 0 saturated carbocycles. The molecule has 4 rings (SSSR count). The van der Waals surface area contributed by atoms with E-state index in [0.29, 0.717) is 17.3 Å². The van der Waals surface area contributed by atoms with Crippen molar-refractivity contribution < 1.29 is 13.2 Å². The summed E-state index contributed by atoms with van der Waals surface area (Å²) in [6.45, 7) is 2.01. The first-order valence-corrected chi connectivity index (χ1v) is 8.62. The van der Waals surface area contributed by atoms with Crippen molar-refractivity contribution in [3.8, 4) is 11.3 Å². The molecule has 0 N–H and O–H groups in total. The summed E-state index contributed by atoms with van der Waals surface area (Å²) in [5, 5.41) is 5.64. The highest BCUT2D eigenvalue weighted by molar-refractivity contribution is 5.92. The number of halogens is 3. The maximum atomic E-state index is 12.8. The Morgan fingerprint density at radius 3 is 2.38 bits per heavy atom. The molecule has 1 saturated heterocycles. The number of rotatable bonds is 2. The summed E-state index contributed by atoms with van der Waals surface area (Å²) in [6, 6.07) is 7.39. The van der Waals surface area contributed by atoms with E-state index >= 15 is 0 Å². The van der Waals surface area contributed by atoms with E-state index in [1.165, 1.54) is 12.1 Å². The van der Waals surface area contributed by atoms with Crippen molar-refractivity contribution in [3.63, 3.8) is 0 Å². The zero-order valence-corrected chi connectivity index (χ0v) is 14.4. The molecule has 26 heavy (non-hydrogen) atoms. The highest BCUT2D eigenvalue weighted by Crippen LogP contribution is 2.34. The molecule has 4 nitrogen and oxygen atoms in total. The standard InChI is InChI=1S/C19H19F3N4/c1-25-10-7-15(8-11-25)26-17-6-9-23-12-16(17)18(24-26)13-2-4-14(5-3-13)19(20,21)22/h2-6,9,12,15H,7-8,10-11H2,1H3. The van der Waals surface area contributed by atoms with Crippen LogP contribution in [0.15, 0.2) is 42.7 Å². The quantitative estimate of drug-likeness (QED) is 0.680. The zero-order valence-electron chi connectivity index (χ0n) is 14.4. The number of hydrogen-bond acceptors (Lipinski definition) is 3. The molecule has 3 heterocycles. The minimum Gasteiger partial charge on any atom is -0.306 e.